The van der Waals surface area contributed by atoms with E-state index in [2.05, 4.69) is 5.32 Å². The smallest absolute Gasteiger partial charge is 0.270 e. The lowest BCUT2D eigenvalue weighted by Gasteiger charge is -2.38. The molecule has 3 aromatic carbocycles. The number of rotatable bonds is 7. The largest absolute Gasteiger partial charge is 0.398 e. The number of nitro groups is 1. The molecule has 204 valence electrons. The zero-order valence-electron chi connectivity index (χ0n) is 20.9. The van der Waals surface area contributed by atoms with Crippen LogP contribution in [0.5, 0.6) is 0 Å². The van der Waals surface area contributed by atoms with E-state index < -0.39 is 38.4 Å². The molecule has 0 aromatic heterocycles. The minimum atomic E-state index is -3.70. The number of nitrogen functional groups attached to an aromatic ring is 1. The van der Waals surface area contributed by atoms with Gasteiger partial charge in [-0.1, -0.05) is 30.3 Å². The maximum Gasteiger partial charge on any atom is 0.270 e. The summed E-state index contributed by atoms with van der Waals surface area (Å²) >= 11 is 0. The first kappa shape index (κ1) is 27.5. The molecule has 0 aliphatic carbocycles. The lowest BCUT2D eigenvalue weighted by molar-refractivity contribution is -0.384. The number of halogens is 1. The van der Waals surface area contributed by atoms with Gasteiger partial charge in [0.25, 0.3) is 11.6 Å². The quantitative estimate of drug-likeness (QED) is 0.256. The summed E-state index contributed by atoms with van der Waals surface area (Å²) in [5, 5.41) is 13.8. The van der Waals surface area contributed by atoms with Crippen LogP contribution in [0.15, 0.2) is 71.6 Å². The van der Waals surface area contributed by atoms with E-state index in [0.29, 0.717) is 11.3 Å². The van der Waals surface area contributed by atoms with Crippen LogP contribution in [-0.2, 0) is 14.6 Å². The number of piperazine rings is 1. The third-order valence-electron chi connectivity index (χ3n) is 6.40. The van der Waals surface area contributed by atoms with Gasteiger partial charge in [-0.3, -0.25) is 19.7 Å². The lowest BCUT2D eigenvalue weighted by atomic mass is 10.0. The van der Waals surface area contributed by atoms with Crippen molar-refractivity contribution in [2.45, 2.75) is 10.9 Å². The molecule has 1 aliphatic heterocycles. The standard InChI is InChI=1S/C26H26FN5O6S/c1-39(37,38)23-15-18(27)7-10-22(23)30-11-13-31(14-12-30)26(34)24(17-5-3-2-4-6-17)29-25(33)20-16-19(32(35)36)8-9-21(20)28/h2-10,15-16,24H,11-14,28H2,1H3,(H,29,33)/t24-/m1/s1. The predicted molar refractivity (Wildman–Crippen MR) is 142 cm³/mol. The first-order valence-corrected chi connectivity index (χ1v) is 13.8. The Bertz CT molecular complexity index is 1530. The molecule has 0 bridgehead atoms. The second-order valence-electron chi connectivity index (χ2n) is 9.04. The fraction of sp³-hybridized carbons (Fsp3) is 0.231. The summed E-state index contributed by atoms with van der Waals surface area (Å²) in [6.07, 6.45) is 1.01. The van der Waals surface area contributed by atoms with Crippen molar-refractivity contribution < 1.29 is 27.3 Å². The number of nitrogens with one attached hydrogen (secondary N) is 1. The van der Waals surface area contributed by atoms with Gasteiger partial charge < -0.3 is 20.9 Å². The zero-order chi connectivity index (χ0) is 28.3. The normalized spacial score (nSPS) is 14.5. The minimum Gasteiger partial charge on any atom is -0.398 e. The molecule has 1 atom stereocenters. The van der Waals surface area contributed by atoms with Crippen molar-refractivity contribution in [2.24, 2.45) is 0 Å². The van der Waals surface area contributed by atoms with E-state index in [-0.39, 0.29) is 48.0 Å². The molecule has 2 amide bonds. The van der Waals surface area contributed by atoms with Gasteiger partial charge >= 0.3 is 0 Å². The van der Waals surface area contributed by atoms with Gasteiger partial charge in [0.15, 0.2) is 9.84 Å². The minimum absolute atomic E-state index is 0.0203. The summed E-state index contributed by atoms with van der Waals surface area (Å²) in [4.78, 5) is 40.5. The number of carbonyl (C=O) groups is 2. The van der Waals surface area contributed by atoms with Gasteiger partial charge in [0, 0.05) is 50.3 Å². The van der Waals surface area contributed by atoms with E-state index in [1.807, 2.05) is 0 Å². The SMILES string of the molecule is CS(=O)(=O)c1cc(F)ccc1N1CCN(C(=O)[C@H](NC(=O)c2cc([N+](=O)[O-])ccc2N)c2ccccc2)CC1. The van der Waals surface area contributed by atoms with E-state index in [1.165, 1.54) is 29.2 Å². The monoisotopic (exact) mass is 555 g/mol. The van der Waals surface area contributed by atoms with E-state index >= 15 is 0 Å². The summed E-state index contributed by atoms with van der Waals surface area (Å²) in [7, 11) is -3.70. The number of non-ortho nitro benzene ring substituents is 1. The molecule has 0 unspecified atom stereocenters. The van der Waals surface area contributed by atoms with Crippen LogP contribution in [0.2, 0.25) is 0 Å². The third kappa shape index (κ3) is 6.14. The molecule has 4 rings (SSSR count). The lowest BCUT2D eigenvalue weighted by Crippen LogP contribution is -2.52. The highest BCUT2D eigenvalue weighted by molar-refractivity contribution is 7.90. The van der Waals surface area contributed by atoms with E-state index in [0.717, 1.165) is 18.4 Å². The van der Waals surface area contributed by atoms with E-state index in [9.17, 15) is 32.5 Å². The van der Waals surface area contributed by atoms with Crippen molar-refractivity contribution in [2.75, 3.05) is 43.1 Å². The molecule has 0 saturated carbocycles. The van der Waals surface area contributed by atoms with E-state index in [1.54, 1.807) is 35.2 Å². The van der Waals surface area contributed by atoms with Crippen LogP contribution >= 0.6 is 0 Å². The summed E-state index contributed by atoms with van der Waals surface area (Å²) in [6.45, 7) is 0.954. The Kier molecular flexibility index (Phi) is 7.81. The average Bonchev–Trinajstić information content (AvgIpc) is 2.91. The maximum absolute atomic E-state index is 13.8. The number of carbonyl (C=O) groups excluding carboxylic acids is 2. The van der Waals surface area contributed by atoms with Crippen LogP contribution in [0.25, 0.3) is 0 Å². The number of benzene rings is 3. The fourth-order valence-electron chi connectivity index (χ4n) is 4.39. The maximum atomic E-state index is 13.8. The van der Waals surface area contributed by atoms with Crippen molar-refractivity contribution in [3.05, 3.63) is 93.8 Å². The van der Waals surface area contributed by atoms with Crippen molar-refractivity contribution in [3.8, 4) is 0 Å². The second-order valence-corrected chi connectivity index (χ2v) is 11.0. The molecule has 3 aromatic rings. The molecule has 1 saturated heterocycles. The van der Waals surface area contributed by atoms with Gasteiger partial charge in [0.05, 0.1) is 21.1 Å². The number of nitrogens with zero attached hydrogens (tertiary/aromatic N) is 3. The Morgan fingerprint density at radius 3 is 2.31 bits per heavy atom. The average molecular weight is 556 g/mol. The first-order chi connectivity index (χ1) is 18.5. The van der Waals surface area contributed by atoms with E-state index in [4.69, 9.17) is 5.73 Å². The second kappa shape index (κ2) is 11.1. The number of hydrogen-bond donors (Lipinski definition) is 2. The Hall–Kier alpha value is -4.52. The molecular weight excluding hydrogens is 529 g/mol. The van der Waals surface area contributed by atoms with Crippen LogP contribution in [0.4, 0.5) is 21.5 Å². The number of nitrogens with two attached hydrogens (primary N) is 1. The summed E-state index contributed by atoms with van der Waals surface area (Å²) in [6, 6.07) is 14.5. The third-order valence-corrected chi connectivity index (χ3v) is 7.53. The van der Waals surface area contributed by atoms with Crippen LogP contribution in [0.3, 0.4) is 0 Å². The number of anilines is 2. The van der Waals surface area contributed by atoms with Gasteiger partial charge in [-0.05, 0) is 29.8 Å². The molecule has 0 spiro atoms. The molecular formula is C26H26FN5O6S. The number of sulfone groups is 1. The summed E-state index contributed by atoms with van der Waals surface area (Å²) in [5.74, 6) is -1.83. The molecule has 1 heterocycles. The van der Waals surface area contributed by atoms with Crippen LogP contribution in [-0.4, -0.2) is 62.5 Å². The highest BCUT2D eigenvalue weighted by Gasteiger charge is 2.32. The van der Waals surface area contributed by atoms with Crippen molar-refractivity contribution >= 4 is 38.7 Å². The number of hydrogen-bond acceptors (Lipinski definition) is 8. The first-order valence-electron chi connectivity index (χ1n) is 11.9. The van der Waals surface area contributed by atoms with Gasteiger partial charge in [-0.15, -0.1) is 0 Å². The van der Waals surface area contributed by atoms with Crippen molar-refractivity contribution in [1.82, 2.24) is 10.2 Å². The highest BCUT2D eigenvalue weighted by Crippen LogP contribution is 2.28. The van der Waals surface area contributed by atoms with Gasteiger partial charge in [0.2, 0.25) is 5.91 Å². The molecule has 0 radical (unpaired) electrons. The molecule has 3 N–H and O–H groups in total. The Morgan fingerprint density at radius 2 is 1.69 bits per heavy atom. The predicted octanol–water partition coefficient (Wildman–Crippen LogP) is 2.54. The molecule has 11 nitrogen and oxygen atoms in total. The van der Waals surface area contributed by atoms with Gasteiger partial charge in [0.1, 0.15) is 11.9 Å². The zero-order valence-corrected chi connectivity index (χ0v) is 21.7. The molecule has 39 heavy (non-hydrogen) atoms. The van der Waals surface area contributed by atoms with Crippen LogP contribution in [0.1, 0.15) is 22.0 Å². The Labute approximate surface area is 224 Å². The van der Waals surface area contributed by atoms with Crippen LogP contribution in [0, 0.1) is 15.9 Å². The molecule has 13 heteroatoms. The molecule has 1 fully saturated rings. The Morgan fingerprint density at radius 1 is 1.03 bits per heavy atom. The summed E-state index contributed by atoms with van der Waals surface area (Å²) in [5.41, 5.74) is 6.31. The van der Waals surface area contributed by atoms with Crippen molar-refractivity contribution in [1.29, 1.82) is 0 Å². The number of amides is 2. The fourth-order valence-corrected chi connectivity index (χ4v) is 5.30. The van der Waals surface area contributed by atoms with Gasteiger partial charge in [-0.25, -0.2) is 12.8 Å². The summed E-state index contributed by atoms with van der Waals surface area (Å²) < 4.78 is 38.2. The van der Waals surface area contributed by atoms with Gasteiger partial charge in [-0.2, -0.15) is 0 Å². The molecule has 1 aliphatic rings. The topological polar surface area (TPSA) is 156 Å². The van der Waals surface area contributed by atoms with Crippen molar-refractivity contribution in [3.63, 3.8) is 0 Å². The number of nitro benzene ring substituents is 1. The Balaban J connectivity index is 1.55. The highest BCUT2D eigenvalue weighted by atomic mass is 32.2. The van der Waals surface area contributed by atoms with Crippen LogP contribution < -0.4 is 16.0 Å².